The molecular weight excluding hydrogens is 312 g/mol. The minimum atomic E-state index is -0.760. The molecule has 0 aliphatic carbocycles. The summed E-state index contributed by atoms with van der Waals surface area (Å²) in [4.78, 5) is 34.3. The summed E-state index contributed by atoms with van der Waals surface area (Å²) < 4.78 is 6.36. The lowest BCUT2D eigenvalue weighted by molar-refractivity contribution is -0.123. The molecule has 0 saturated heterocycles. The van der Waals surface area contributed by atoms with Crippen LogP contribution in [0.2, 0.25) is 5.15 Å². The van der Waals surface area contributed by atoms with E-state index in [1.165, 1.54) is 11.7 Å². The Hall–Kier alpha value is -2.09. The second-order valence-corrected chi connectivity index (χ2v) is 5.39. The molecule has 0 aliphatic heterocycles. The minimum Gasteiger partial charge on any atom is -0.452 e. The first-order chi connectivity index (χ1) is 10.3. The molecule has 0 spiro atoms. The lowest BCUT2D eigenvalue weighted by Crippen LogP contribution is -2.39. The van der Waals surface area contributed by atoms with Crippen molar-refractivity contribution in [1.29, 1.82) is 0 Å². The van der Waals surface area contributed by atoms with E-state index in [1.54, 1.807) is 6.92 Å². The van der Waals surface area contributed by atoms with Gasteiger partial charge in [-0.3, -0.25) is 14.8 Å². The number of halogens is 1. The summed E-state index contributed by atoms with van der Waals surface area (Å²) in [6.07, 6.45) is 0. The highest BCUT2D eigenvalue weighted by Crippen LogP contribution is 2.21. The largest absolute Gasteiger partial charge is 0.452 e. The van der Waals surface area contributed by atoms with Crippen molar-refractivity contribution in [3.63, 3.8) is 0 Å². The number of amides is 3. The van der Waals surface area contributed by atoms with Gasteiger partial charge in [-0.25, -0.2) is 9.59 Å². The summed E-state index contributed by atoms with van der Waals surface area (Å²) in [5.74, 6) is -1.19. The number of urea groups is 1. The average Bonchev–Trinajstić information content (AvgIpc) is 2.70. The number of nitrogens with one attached hydrogen (secondary N) is 2. The molecule has 2 N–H and O–H groups in total. The first kappa shape index (κ1) is 18.0. The van der Waals surface area contributed by atoms with E-state index < -0.39 is 24.5 Å². The summed E-state index contributed by atoms with van der Waals surface area (Å²) in [6, 6.07) is -0.681. The van der Waals surface area contributed by atoms with Crippen molar-refractivity contribution >= 4 is 29.5 Å². The summed E-state index contributed by atoms with van der Waals surface area (Å²) in [5, 5.41) is 8.53. The molecule has 8 nitrogen and oxygen atoms in total. The van der Waals surface area contributed by atoms with Crippen molar-refractivity contribution in [2.75, 3.05) is 13.7 Å². The maximum atomic E-state index is 12.0. The van der Waals surface area contributed by atoms with E-state index in [2.05, 4.69) is 10.4 Å². The molecule has 0 bridgehead atoms. The van der Waals surface area contributed by atoms with Gasteiger partial charge in [0.1, 0.15) is 10.7 Å². The van der Waals surface area contributed by atoms with Crippen molar-refractivity contribution in [3.8, 4) is 0 Å². The van der Waals surface area contributed by atoms with Crippen molar-refractivity contribution < 1.29 is 19.1 Å². The molecule has 1 aromatic rings. The Morgan fingerprint density at radius 3 is 2.55 bits per heavy atom. The third kappa shape index (κ3) is 4.73. The van der Waals surface area contributed by atoms with Gasteiger partial charge in [0.05, 0.1) is 5.69 Å². The molecule has 22 heavy (non-hydrogen) atoms. The van der Waals surface area contributed by atoms with Gasteiger partial charge in [0.2, 0.25) is 0 Å². The van der Waals surface area contributed by atoms with Crippen LogP contribution in [0.15, 0.2) is 0 Å². The molecule has 0 radical (unpaired) electrons. The number of hydrogen-bond acceptors (Lipinski definition) is 5. The number of rotatable bonds is 5. The summed E-state index contributed by atoms with van der Waals surface area (Å²) in [6.45, 7) is 5.59. The fourth-order valence-corrected chi connectivity index (χ4v) is 2.00. The van der Waals surface area contributed by atoms with Crippen molar-refractivity contribution in [3.05, 3.63) is 16.4 Å². The Morgan fingerprint density at radius 1 is 1.36 bits per heavy atom. The van der Waals surface area contributed by atoms with Crippen LogP contribution in [0.3, 0.4) is 0 Å². The third-order valence-corrected chi connectivity index (χ3v) is 3.01. The fourth-order valence-electron chi connectivity index (χ4n) is 1.68. The zero-order chi connectivity index (χ0) is 16.9. The van der Waals surface area contributed by atoms with Gasteiger partial charge in [-0.1, -0.05) is 25.4 Å². The molecule has 0 unspecified atom stereocenters. The van der Waals surface area contributed by atoms with Crippen LogP contribution in [0, 0.1) is 12.8 Å². The highest BCUT2D eigenvalue weighted by molar-refractivity contribution is 6.32. The van der Waals surface area contributed by atoms with Gasteiger partial charge in [0.15, 0.2) is 6.61 Å². The number of aryl methyl sites for hydroxylation is 1. The quantitative estimate of drug-likeness (QED) is 0.787. The lowest BCUT2D eigenvalue weighted by atomic mass is 10.2. The van der Waals surface area contributed by atoms with Gasteiger partial charge < -0.3 is 10.1 Å². The molecular formula is C13H19ClN4O4. The maximum absolute atomic E-state index is 12.0. The van der Waals surface area contributed by atoms with Crippen LogP contribution < -0.4 is 10.6 Å². The highest BCUT2D eigenvalue weighted by Gasteiger charge is 2.22. The molecule has 1 aromatic heterocycles. The molecule has 0 atom stereocenters. The second kappa shape index (κ2) is 7.79. The van der Waals surface area contributed by atoms with Crippen molar-refractivity contribution in [1.82, 2.24) is 20.4 Å². The van der Waals surface area contributed by atoms with E-state index >= 15 is 0 Å². The van der Waals surface area contributed by atoms with Crippen LogP contribution in [0.25, 0.3) is 0 Å². The number of hydrogen-bond donors (Lipinski definition) is 2. The predicted molar refractivity (Wildman–Crippen MR) is 79.7 cm³/mol. The van der Waals surface area contributed by atoms with Crippen LogP contribution in [0.4, 0.5) is 4.79 Å². The number of ether oxygens (including phenoxy) is 1. The lowest BCUT2D eigenvalue weighted by Gasteiger charge is -2.07. The number of nitrogens with zero attached hydrogens (tertiary/aromatic N) is 2. The fraction of sp³-hybridized carbons (Fsp3) is 0.538. The normalized spacial score (nSPS) is 10.5. The minimum absolute atomic E-state index is 0.120. The van der Waals surface area contributed by atoms with E-state index in [-0.39, 0.29) is 10.7 Å². The van der Waals surface area contributed by atoms with Crippen LogP contribution in [0.1, 0.15) is 29.9 Å². The number of carbonyl (C=O) groups is 3. The first-order valence-electron chi connectivity index (χ1n) is 6.67. The Morgan fingerprint density at radius 2 is 2.00 bits per heavy atom. The topological polar surface area (TPSA) is 102 Å². The molecule has 1 heterocycles. The molecule has 0 aromatic carbocycles. The summed E-state index contributed by atoms with van der Waals surface area (Å²) in [5.41, 5.74) is 0.539. The van der Waals surface area contributed by atoms with Gasteiger partial charge in [-0.15, -0.1) is 0 Å². The van der Waals surface area contributed by atoms with Crippen molar-refractivity contribution in [2.24, 2.45) is 5.92 Å². The van der Waals surface area contributed by atoms with Crippen LogP contribution in [-0.4, -0.2) is 41.3 Å². The zero-order valence-corrected chi connectivity index (χ0v) is 13.7. The van der Waals surface area contributed by atoms with Crippen LogP contribution >= 0.6 is 11.6 Å². The van der Waals surface area contributed by atoms with Gasteiger partial charge in [0, 0.05) is 13.6 Å². The Labute approximate surface area is 133 Å². The first-order valence-corrected chi connectivity index (χ1v) is 7.05. The molecule has 0 fully saturated rings. The SMILES string of the molecule is CNC(=O)NC(=O)COC(=O)c1c(C)nn(CC(C)C)c1Cl. The summed E-state index contributed by atoms with van der Waals surface area (Å²) >= 11 is 6.13. The van der Waals surface area contributed by atoms with Gasteiger partial charge in [-0.2, -0.15) is 5.10 Å². The van der Waals surface area contributed by atoms with E-state index in [1.807, 2.05) is 19.2 Å². The smallest absolute Gasteiger partial charge is 0.343 e. The third-order valence-electron chi connectivity index (χ3n) is 2.62. The maximum Gasteiger partial charge on any atom is 0.343 e. The van der Waals surface area contributed by atoms with Crippen molar-refractivity contribution in [2.45, 2.75) is 27.3 Å². The predicted octanol–water partition coefficient (Wildman–Crippen LogP) is 1.11. The van der Waals surface area contributed by atoms with Gasteiger partial charge in [-0.05, 0) is 12.8 Å². The van der Waals surface area contributed by atoms with E-state index in [0.29, 0.717) is 18.2 Å². The van der Waals surface area contributed by atoms with Crippen LogP contribution in [0.5, 0.6) is 0 Å². The number of esters is 1. The Balaban J connectivity index is 2.72. The molecule has 122 valence electrons. The standard InChI is InChI=1S/C13H19ClN4O4/c1-7(2)5-18-11(14)10(8(3)17-18)12(20)22-6-9(19)16-13(21)15-4/h7H,5-6H2,1-4H3,(H2,15,16,19,21). The molecule has 1 rings (SSSR count). The van der Waals surface area contributed by atoms with Crippen LogP contribution in [-0.2, 0) is 16.1 Å². The molecule has 0 saturated carbocycles. The van der Waals surface area contributed by atoms with E-state index in [0.717, 1.165) is 0 Å². The Bertz CT molecular complexity index is 583. The van der Waals surface area contributed by atoms with E-state index in [4.69, 9.17) is 16.3 Å². The Kier molecular flexibility index (Phi) is 6.36. The van der Waals surface area contributed by atoms with E-state index in [9.17, 15) is 14.4 Å². The van der Waals surface area contributed by atoms with Gasteiger partial charge >= 0.3 is 12.0 Å². The average molecular weight is 331 g/mol. The van der Waals surface area contributed by atoms with Gasteiger partial charge in [0.25, 0.3) is 5.91 Å². The second-order valence-electron chi connectivity index (χ2n) is 5.03. The number of carbonyl (C=O) groups excluding carboxylic acids is 3. The molecule has 9 heteroatoms. The molecule has 3 amide bonds. The number of imide groups is 1. The monoisotopic (exact) mass is 330 g/mol. The highest BCUT2D eigenvalue weighted by atomic mass is 35.5. The summed E-state index contributed by atoms with van der Waals surface area (Å²) in [7, 11) is 1.36. The molecule has 0 aliphatic rings. The zero-order valence-electron chi connectivity index (χ0n) is 12.9. The number of aromatic nitrogens is 2.